The summed E-state index contributed by atoms with van der Waals surface area (Å²) in [6.07, 6.45) is 2.48. The van der Waals surface area contributed by atoms with E-state index in [0.717, 1.165) is 18.4 Å². The molecule has 2 atom stereocenters. The van der Waals surface area contributed by atoms with E-state index in [1.165, 1.54) is 21.9 Å². The van der Waals surface area contributed by atoms with Crippen LogP contribution in [0.3, 0.4) is 0 Å². The molecule has 4 rings (SSSR count). The normalized spacial score (nSPS) is 19.1. The van der Waals surface area contributed by atoms with Crippen LogP contribution in [-0.2, 0) is 27.7 Å². The highest BCUT2D eigenvalue weighted by Gasteiger charge is 2.36. The number of carbonyl (C=O) groups is 1. The van der Waals surface area contributed by atoms with Crippen LogP contribution in [0.15, 0.2) is 42.5 Å². The van der Waals surface area contributed by atoms with Crippen LogP contribution in [0, 0.1) is 0 Å². The Labute approximate surface area is 171 Å². The smallest absolute Gasteiger partial charge is 0.263 e. The zero-order chi connectivity index (χ0) is 20.6. The predicted octanol–water partition coefficient (Wildman–Crippen LogP) is 2.97. The average molecular weight is 415 g/mol. The van der Waals surface area contributed by atoms with E-state index in [9.17, 15) is 13.2 Å². The Balaban J connectivity index is 1.53. The zero-order valence-corrected chi connectivity index (χ0v) is 17.5. The number of rotatable bonds is 5. The quantitative estimate of drug-likeness (QED) is 0.816. The largest absolute Gasteiger partial charge is 0.476 e. The summed E-state index contributed by atoms with van der Waals surface area (Å²) in [5, 5.41) is 2.99. The van der Waals surface area contributed by atoms with Crippen molar-refractivity contribution in [2.45, 2.75) is 45.3 Å². The number of para-hydroxylation sites is 2. The maximum atomic E-state index is 12.9. The number of carbonyl (C=O) groups excluding carboxylic acids is 1. The molecule has 0 spiro atoms. The van der Waals surface area contributed by atoms with Gasteiger partial charge >= 0.3 is 0 Å². The molecule has 2 aromatic rings. The van der Waals surface area contributed by atoms with Gasteiger partial charge in [0.15, 0.2) is 6.10 Å². The highest BCUT2D eigenvalue weighted by Crippen LogP contribution is 2.35. The first kappa shape index (κ1) is 19.8. The van der Waals surface area contributed by atoms with Gasteiger partial charge in [0, 0.05) is 0 Å². The number of nitrogens with one attached hydrogen (secondary N) is 1. The monoisotopic (exact) mass is 414 g/mol. The van der Waals surface area contributed by atoms with Gasteiger partial charge in [0.25, 0.3) is 5.91 Å². The Morgan fingerprint density at radius 2 is 1.97 bits per heavy atom. The van der Waals surface area contributed by atoms with E-state index in [2.05, 4.69) is 23.5 Å². The van der Waals surface area contributed by atoms with Crippen LogP contribution >= 0.6 is 0 Å². The lowest BCUT2D eigenvalue weighted by molar-refractivity contribution is -0.128. The third-order valence-electron chi connectivity index (χ3n) is 5.71. The van der Waals surface area contributed by atoms with Gasteiger partial charge in [0.1, 0.15) is 5.75 Å². The van der Waals surface area contributed by atoms with Gasteiger partial charge in [-0.2, -0.15) is 0 Å². The summed E-state index contributed by atoms with van der Waals surface area (Å²) < 4.78 is 32.3. The molecule has 0 unspecified atom stereocenters. The van der Waals surface area contributed by atoms with Gasteiger partial charge in [-0.1, -0.05) is 30.3 Å². The summed E-state index contributed by atoms with van der Waals surface area (Å²) in [6.45, 7) is 3.50. The molecule has 6 nitrogen and oxygen atoms in total. The van der Waals surface area contributed by atoms with Crippen molar-refractivity contribution in [3.63, 3.8) is 0 Å². The number of ether oxygens (including phenoxy) is 1. The van der Waals surface area contributed by atoms with E-state index in [-0.39, 0.29) is 24.2 Å². The van der Waals surface area contributed by atoms with Gasteiger partial charge in [-0.05, 0) is 61.9 Å². The molecule has 1 amide bonds. The molecular weight excluding hydrogens is 388 g/mol. The average Bonchev–Trinajstić information content (AvgIpc) is 3.20. The molecule has 7 heteroatoms. The summed E-state index contributed by atoms with van der Waals surface area (Å²) in [4.78, 5) is 12.9. The first-order chi connectivity index (χ1) is 13.9. The third-order valence-corrected chi connectivity index (χ3v) is 7.46. The van der Waals surface area contributed by atoms with E-state index in [4.69, 9.17) is 4.74 Å². The lowest BCUT2D eigenvalue weighted by atomic mass is 10.0. The number of aryl methyl sites for hydroxylation is 2. The fraction of sp³-hybridized carbons (Fsp3) is 0.409. The van der Waals surface area contributed by atoms with Crippen LogP contribution in [0.1, 0.15) is 43.0 Å². The second-order valence-corrected chi connectivity index (χ2v) is 9.80. The van der Waals surface area contributed by atoms with Crippen LogP contribution in [0.25, 0.3) is 0 Å². The number of fused-ring (bicyclic) bond motifs is 2. The van der Waals surface area contributed by atoms with Gasteiger partial charge in [0.2, 0.25) is 10.0 Å². The Bertz CT molecular complexity index is 1030. The first-order valence-electron chi connectivity index (χ1n) is 10.1. The topological polar surface area (TPSA) is 75.7 Å². The lowest BCUT2D eigenvalue weighted by Gasteiger charge is -2.35. The van der Waals surface area contributed by atoms with Crippen molar-refractivity contribution < 1.29 is 17.9 Å². The summed E-state index contributed by atoms with van der Waals surface area (Å²) in [6, 6.07) is 13.1. The molecule has 1 aliphatic carbocycles. The Morgan fingerprint density at radius 3 is 2.76 bits per heavy atom. The molecule has 2 aliphatic rings. The number of hydrogen-bond acceptors (Lipinski definition) is 4. The number of anilines is 1. The Hall–Kier alpha value is -2.54. The second-order valence-electron chi connectivity index (χ2n) is 7.62. The summed E-state index contributed by atoms with van der Waals surface area (Å²) in [5.74, 6) is 0.0474. The van der Waals surface area contributed by atoms with Gasteiger partial charge in [-0.25, -0.2) is 8.42 Å². The molecule has 0 radical (unpaired) electrons. The molecule has 1 heterocycles. The first-order valence-corrected chi connectivity index (χ1v) is 11.7. The van der Waals surface area contributed by atoms with E-state index in [0.29, 0.717) is 11.4 Å². The van der Waals surface area contributed by atoms with Crippen LogP contribution in [0.4, 0.5) is 5.69 Å². The molecular formula is C22H26N2O4S. The Morgan fingerprint density at radius 1 is 1.21 bits per heavy atom. The minimum atomic E-state index is -3.52. The number of sulfonamides is 1. The standard InChI is InChI=1S/C22H26N2O4S/c1-3-29(26,27)24-14-21(28-20-10-5-4-9-19(20)24)22(25)23-15(2)17-12-11-16-7-6-8-18(16)13-17/h4-5,9-13,15,21H,3,6-8,14H2,1-2H3,(H,23,25)/t15-,21+/m0/s1. The van der Waals surface area contributed by atoms with Crippen molar-refractivity contribution in [1.82, 2.24) is 5.32 Å². The fourth-order valence-electron chi connectivity index (χ4n) is 4.01. The maximum Gasteiger partial charge on any atom is 0.263 e. The minimum absolute atomic E-state index is 0.0318. The number of amides is 1. The molecule has 154 valence electrons. The van der Waals surface area contributed by atoms with E-state index in [1.54, 1.807) is 31.2 Å². The predicted molar refractivity (Wildman–Crippen MR) is 113 cm³/mol. The number of hydrogen-bond donors (Lipinski definition) is 1. The van der Waals surface area contributed by atoms with Gasteiger partial charge in [-0.15, -0.1) is 0 Å². The highest BCUT2D eigenvalue weighted by atomic mass is 32.2. The molecule has 2 aromatic carbocycles. The van der Waals surface area contributed by atoms with Crippen LogP contribution in [0.5, 0.6) is 5.75 Å². The van der Waals surface area contributed by atoms with Crippen LogP contribution < -0.4 is 14.4 Å². The highest BCUT2D eigenvalue weighted by molar-refractivity contribution is 7.92. The molecule has 0 bridgehead atoms. The van der Waals surface area contributed by atoms with Crippen molar-refractivity contribution in [2.24, 2.45) is 0 Å². The fourth-order valence-corrected chi connectivity index (χ4v) is 5.13. The van der Waals surface area contributed by atoms with Crippen molar-refractivity contribution in [1.29, 1.82) is 0 Å². The van der Waals surface area contributed by atoms with Crippen molar-refractivity contribution in [3.8, 4) is 5.75 Å². The van der Waals surface area contributed by atoms with Crippen LogP contribution in [-0.4, -0.2) is 32.7 Å². The Kier molecular flexibility index (Phi) is 5.25. The number of nitrogens with zero attached hydrogens (tertiary/aromatic N) is 1. The van der Waals surface area contributed by atoms with E-state index < -0.39 is 16.1 Å². The van der Waals surface area contributed by atoms with E-state index >= 15 is 0 Å². The zero-order valence-electron chi connectivity index (χ0n) is 16.7. The molecule has 0 aromatic heterocycles. The summed E-state index contributed by atoms with van der Waals surface area (Å²) >= 11 is 0. The molecule has 0 saturated heterocycles. The van der Waals surface area contributed by atoms with Gasteiger partial charge in [-0.3, -0.25) is 9.10 Å². The molecule has 29 heavy (non-hydrogen) atoms. The molecule has 1 aliphatic heterocycles. The van der Waals surface area contributed by atoms with E-state index in [1.807, 2.05) is 6.92 Å². The molecule has 0 saturated carbocycles. The number of benzene rings is 2. The van der Waals surface area contributed by atoms with Gasteiger partial charge in [0.05, 0.1) is 24.0 Å². The maximum absolute atomic E-state index is 12.9. The SMILES string of the molecule is CCS(=O)(=O)N1C[C@H](C(=O)N[C@@H](C)c2ccc3c(c2)CCC3)Oc2ccccc21. The van der Waals surface area contributed by atoms with Gasteiger partial charge < -0.3 is 10.1 Å². The molecule has 1 N–H and O–H groups in total. The van der Waals surface area contributed by atoms with Crippen molar-refractivity contribution in [3.05, 3.63) is 59.2 Å². The second kappa shape index (κ2) is 7.71. The van der Waals surface area contributed by atoms with Crippen molar-refractivity contribution in [2.75, 3.05) is 16.6 Å². The van der Waals surface area contributed by atoms with Crippen molar-refractivity contribution >= 4 is 21.6 Å². The lowest BCUT2D eigenvalue weighted by Crippen LogP contribution is -2.51. The summed E-state index contributed by atoms with van der Waals surface area (Å²) in [5.41, 5.74) is 4.27. The summed E-state index contributed by atoms with van der Waals surface area (Å²) in [7, 11) is -3.52. The minimum Gasteiger partial charge on any atom is -0.476 e. The third kappa shape index (κ3) is 3.83. The molecule has 0 fully saturated rings. The van der Waals surface area contributed by atoms with Crippen LogP contribution in [0.2, 0.25) is 0 Å².